The summed E-state index contributed by atoms with van der Waals surface area (Å²) < 4.78 is 7.67. The van der Waals surface area contributed by atoms with Gasteiger partial charge in [-0.2, -0.15) is 0 Å². The summed E-state index contributed by atoms with van der Waals surface area (Å²) in [6, 6.07) is 3.98. The predicted octanol–water partition coefficient (Wildman–Crippen LogP) is 3.10. The molecule has 68 valence electrons. The minimum atomic E-state index is 0.706. The topological polar surface area (TPSA) is 35.2 Å². The number of hydrogen-bond acceptors (Lipinski definition) is 3. The molecule has 4 heteroatoms. The van der Waals surface area contributed by atoms with Crippen molar-refractivity contribution >= 4 is 49.7 Å². The summed E-state index contributed by atoms with van der Waals surface area (Å²) in [6.45, 7) is 0. The third kappa shape index (κ3) is 1.38. The third-order valence-electron chi connectivity index (χ3n) is 1.88. The summed E-state index contributed by atoms with van der Waals surface area (Å²) in [7, 11) is 1.65. The van der Waals surface area contributed by atoms with Crippen LogP contribution in [-0.2, 0) is 0 Å². The van der Waals surface area contributed by atoms with Crippen molar-refractivity contribution < 1.29 is 4.74 Å². The Morgan fingerprint density at radius 3 is 3.00 bits per heavy atom. The Hall–Kier alpha value is -0.490. The van der Waals surface area contributed by atoms with E-state index >= 15 is 0 Å². The minimum absolute atomic E-state index is 0.706. The van der Waals surface area contributed by atoms with Crippen molar-refractivity contribution in [3.63, 3.8) is 0 Å². The van der Waals surface area contributed by atoms with E-state index in [1.807, 2.05) is 12.1 Å². The number of hydrogen-bond donors (Lipinski definition) is 1. The minimum Gasteiger partial charge on any atom is -0.494 e. The molecule has 0 atom stereocenters. The van der Waals surface area contributed by atoms with E-state index in [1.54, 1.807) is 18.4 Å². The van der Waals surface area contributed by atoms with Gasteiger partial charge in [-0.1, -0.05) is 0 Å². The van der Waals surface area contributed by atoms with Crippen LogP contribution in [0.4, 0.5) is 5.69 Å². The molecule has 0 bridgehead atoms. The first kappa shape index (κ1) is 9.08. The van der Waals surface area contributed by atoms with Crippen LogP contribution in [0.15, 0.2) is 17.5 Å². The summed E-state index contributed by atoms with van der Waals surface area (Å²) in [5.41, 5.74) is 6.54. The van der Waals surface area contributed by atoms with E-state index in [2.05, 4.69) is 28.0 Å². The lowest BCUT2D eigenvalue weighted by Crippen LogP contribution is -1.93. The molecule has 2 nitrogen and oxygen atoms in total. The molecule has 0 spiro atoms. The van der Waals surface area contributed by atoms with Crippen LogP contribution in [0, 0.1) is 3.57 Å². The molecule has 0 amide bonds. The smallest absolute Gasteiger partial charge is 0.150 e. The fourth-order valence-corrected chi connectivity index (χ4v) is 3.13. The van der Waals surface area contributed by atoms with E-state index in [4.69, 9.17) is 10.5 Å². The van der Waals surface area contributed by atoms with Crippen molar-refractivity contribution in [1.29, 1.82) is 0 Å². The highest BCUT2D eigenvalue weighted by atomic mass is 127. The standard InChI is InChI=1S/C9H8INOS/c1-12-8-5-2-3-13-9(5)6(10)4-7(8)11/h2-4H,11H2,1H3. The zero-order chi connectivity index (χ0) is 9.42. The van der Waals surface area contributed by atoms with E-state index in [0.29, 0.717) is 5.69 Å². The fraction of sp³-hybridized carbons (Fsp3) is 0.111. The maximum Gasteiger partial charge on any atom is 0.150 e. The molecule has 0 aliphatic rings. The number of anilines is 1. The second-order valence-electron chi connectivity index (χ2n) is 2.64. The maximum absolute atomic E-state index is 5.83. The van der Waals surface area contributed by atoms with Crippen LogP contribution >= 0.6 is 33.9 Å². The first-order valence-corrected chi connectivity index (χ1v) is 5.69. The van der Waals surface area contributed by atoms with Gasteiger partial charge >= 0.3 is 0 Å². The Balaban J connectivity index is 2.88. The van der Waals surface area contributed by atoms with Crippen LogP contribution in [0.25, 0.3) is 10.1 Å². The first-order valence-electron chi connectivity index (χ1n) is 3.73. The SMILES string of the molecule is COc1c(N)cc(I)c2sccc12. The maximum atomic E-state index is 5.83. The molecule has 0 saturated carbocycles. The van der Waals surface area contributed by atoms with Crippen LogP contribution < -0.4 is 10.5 Å². The highest BCUT2D eigenvalue weighted by Gasteiger charge is 2.09. The van der Waals surface area contributed by atoms with Crippen molar-refractivity contribution in [1.82, 2.24) is 0 Å². The lowest BCUT2D eigenvalue weighted by atomic mass is 10.2. The van der Waals surface area contributed by atoms with Crippen molar-refractivity contribution in [2.45, 2.75) is 0 Å². The number of rotatable bonds is 1. The second-order valence-corrected chi connectivity index (χ2v) is 4.72. The van der Waals surface area contributed by atoms with Crippen LogP contribution in [-0.4, -0.2) is 7.11 Å². The van der Waals surface area contributed by atoms with Gasteiger partial charge in [0.15, 0.2) is 0 Å². The zero-order valence-electron chi connectivity index (χ0n) is 7.00. The molecule has 1 heterocycles. The fourth-order valence-electron chi connectivity index (χ4n) is 1.32. The number of nitrogens with two attached hydrogens (primary N) is 1. The molecule has 1 aromatic carbocycles. The molecule has 0 fully saturated rings. The summed E-state index contributed by atoms with van der Waals surface area (Å²) in [5.74, 6) is 0.789. The average Bonchev–Trinajstić information content (AvgIpc) is 2.53. The molecular formula is C9H8INOS. The van der Waals surface area contributed by atoms with Gasteiger partial charge in [-0.25, -0.2) is 0 Å². The summed E-state index contributed by atoms with van der Waals surface area (Å²) in [4.78, 5) is 0. The highest BCUT2D eigenvalue weighted by molar-refractivity contribution is 14.1. The Bertz CT molecular complexity index is 452. The molecule has 2 aromatic rings. The summed E-state index contributed by atoms with van der Waals surface area (Å²) in [5, 5.41) is 3.16. The zero-order valence-corrected chi connectivity index (χ0v) is 9.98. The van der Waals surface area contributed by atoms with E-state index in [0.717, 1.165) is 11.1 Å². The molecule has 13 heavy (non-hydrogen) atoms. The molecule has 0 aliphatic heterocycles. The first-order chi connectivity index (χ1) is 6.24. The molecule has 2 rings (SSSR count). The number of halogens is 1. The number of ether oxygens (including phenoxy) is 1. The van der Waals surface area contributed by atoms with Gasteiger partial charge in [-0.15, -0.1) is 11.3 Å². The molecule has 0 unspecified atom stereocenters. The molecule has 1 aromatic heterocycles. The number of fused-ring (bicyclic) bond motifs is 1. The summed E-state index contributed by atoms with van der Waals surface area (Å²) in [6.07, 6.45) is 0. The van der Waals surface area contributed by atoms with Gasteiger partial charge in [0.05, 0.1) is 17.5 Å². The molecule has 0 aliphatic carbocycles. The van der Waals surface area contributed by atoms with Gasteiger partial charge in [-0.05, 0) is 40.1 Å². The van der Waals surface area contributed by atoms with E-state index < -0.39 is 0 Å². The Morgan fingerprint density at radius 1 is 1.54 bits per heavy atom. The number of benzene rings is 1. The van der Waals surface area contributed by atoms with Gasteiger partial charge in [0.25, 0.3) is 0 Å². The van der Waals surface area contributed by atoms with Gasteiger partial charge in [-0.3, -0.25) is 0 Å². The van der Waals surface area contributed by atoms with E-state index in [1.165, 1.54) is 8.27 Å². The highest BCUT2D eigenvalue weighted by Crippen LogP contribution is 2.37. The number of nitrogen functional groups attached to an aromatic ring is 1. The Kier molecular flexibility index (Phi) is 2.33. The molecule has 2 N–H and O–H groups in total. The lowest BCUT2D eigenvalue weighted by Gasteiger charge is -2.06. The van der Waals surface area contributed by atoms with Crippen LogP contribution in [0.3, 0.4) is 0 Å². The molecule has 0 radical (unpaired) electrons. The van der Waals surface area contributed by atoms with Gasteiger partial charge in [0.2, 0.25) is 0 Å². The van der Waals surface area contributed by atoms with Gasteiger partial charge in [0, 0.05) is 8.96 Å². The number of methoxy groups -OCH3 is 1. The van der Waals surface area contributed by atoms with E-state index in [9.17, 15) is 0 Å². The second kappa shape index (κ2) is 3.34. The van der Waals surface area contributed by atoms with Crippen LogP contribution in [0.1, 0.15) is 0 Å². The predicted molar refractivity (Wildman–Crippen MR) is 65.5 cm³/mol. The monoisotopic (exact) mass is 305 g/mol. The molecular weight excluding hydrogens is 297 g/mol. The van der Waals surface area contributed by atoms with Crippen molar-refractivity contribution in [2.24, 2.45) is 0 Å². The van der Waals surface area contributed by atoms with Gasteiger partial charge in [0.1, 0.15) is 5.75 Å². The quantitative estimate of drug-likeness (QED) is 0.649. The van der Waals surface area contributed by atoms with Crippen LogP contribution in [0.2, 0.25) is 0 Å². The Morgan fingerprint density at radius 2 is 2.31 bits per heavy atom. The van der Waals surface area contributed by atoms with Crippen molar-refractivity contribution in [3.05, 3.63) is 21.1 Å². The largest absolute Gasteiger partial charge is 0.494 e. The molecule has 0 saturated heterocycles. The summed E-state index contributed by atoms with van der Waals surface area (Å²) >= 11 is 4.00. The average molecular weight is 305 g/mol. The Labute approximate surface area is 93.8 Å². The van der Waals surface area contributed by atoms with E-state index in [-0.39, 0.29) is 0 Å². The lowest BCUT2D eigenvalue weighted by molar-refractivity contribution is 0.422. The van der Waals surface area contributed by atoms with Crippen LogP contribution in [0.5, 0.6) is 5.75 Å². The van der Waals surface area contributed by atoms with Crippen molar-refractivity contribution in [3.8, 4) is 5.75 Å². The normalized spacial score (nSPS) is 10.6. The number of thiophene rings is 1. The van der Waals surface area contributed by atoms with Crippen molar-refractivity contribution in [2.75, 3.05) is 12.8 Å². The third-order valence-corrected chi connectivity index (χ3v) is 4.04. The van der Waals surface area contributed by atoms with Gasteiger partial charge < -0.3 is 10.5 Å².